The van der Waals surface area contributed by atoms with E-state index in [4.69, 9.17) is 9.57 Å². The lowest BCUT2D eigenvalue weighted by Gasteiger charge is -2.39. The average molecular weight is 343 g/mol. The molecule has 0 saturated carbocycles. The molecule has 0 fully saturated rings. The SMILES string of the molecule is CC(C)(C)Oc1ccc(Nc2ccc(ON([O-])C(C)(C)C)cc2)cc1. The number of hydroxylamine groups is 2. The molecule has 0 amide bonds. The number of hydrogen-bond donors (Lipinski definition) is 1. The number of nitrogens with one attached hydrogen (secondary N) is 1. The Hall–Kier alpha value is -2.24. The molecular formula is C20H27N2O3-. The zero-order valence-electron chi connectivity index (χ0n) is 15.8. The Bertz CT molecular complexity index is 668. The van der Waals surface area contributed by atoms with Gasteiger partial charge in [-0.1, -0.05) is 0 Å². The molecule has 0 aliphatic rings. The number of rotatable bonds is 5. The summed E-state index contributed by atoms with van der Waals surface area (Å²) in [5.41, 5.74) is 1.04. The summed E-state index contributed by atoms with van der Waals surface area (Å²) in [4.78, 5) is 5.28. The van der Waals surface area contributed by atoms with Crippen molar-refractivity contribution in [2.75, 3.05) is 5.32 Å². The highest BCUT2D eigenvalue weighted by atomic mass is 16.9. The van der Waals surface area contributed by atoms with E-state index < -0.39 is 5.54 Å². The van der Waals surface area contributed by atoms with Gasteiger partial charge in [0, 0.05) is 16.9 Å². The lowest BCUT2D eigenvalue weighted by Crippen LogP contribution is -2.39. The fourth-order valence-corrected chi connectivity index (χ4v) is 1.96. The third-order valence-corrected chi connectivity index (χ3v) is 3.16. The largest absolute Gasteiger partial charge is 0.752 e. The molecule has 0 saturated heterocycles. The van der Waals surface area contributed by atoms with Gasteiger partial charge in [-0.15, -0.1) is 0 Å². The van der Waals surface area contributed by atoms with Crippen molar-refractivity contribution in [1.82, 2.24) is 5.23 Å². The summed E-state index contributed by atoms with van der Waals surface area (Å²) in [6.45, 7) is 11.4. The van der Waals surface area contributed by atoms with Gasteiger partial charge in [-0.05, 0) is 90.1 Å². The summed E-state index contributed by atoms with van der Waals surface area (Å²) in [5, 5.41) is 15.7. The topological polar surface area (TPSA) is 56.8 Å². The van der Waals surface area contributed by atoms with Crippen LogP contribution in [0.1, 0.15) is 41.5 Å². The number of ether oxygens (including phenoxy) is 1. The molecule has 0 heterocycles. The second-order valence-corrected chi connectivity index (χ2v) is 7.91. The van der Waals surface area contributed by atoms with Crippen LogP contribution in [-0.4, -0.2) is 16.4 Å². The van der Waals surface area contributed by atoms with Gasteiger partial charge in [0.05, 0.1) is 0 Å². The maximum atomic E-state index is 11.8. The van der Waals surface area contributed by atoms with Crippen molar-refractivity contribution in [2.45, 2.75) is 52.7 Å². The highest BCUT2D eigenvalue weighted by molar-refractivity contribution is 5.61. The van der Waals surface area contributed by atoms with Crippen LogP contribution in [0.3, 0.4) is 0 Å². The quantitative estimate of drug-likeness (QED) is 0.726. The first-order valence-corrected chi connectivity index (χ1v) is 8.34. The van der Waals surface area contributed by atoms with Gasteiger partial charge in [-0.3, -0.25) is 0 Å². The van der Waals surface area contributed by atoms with Crippen LogP contribution in [0.5, 0.6) is 11.5 Å². The molecule has 25 heavy (non-hydrogen) atoms. The van der Waals surface area contributed by atoms with Crippen LogP contribution < -0.4 is 14.9 Å². The Labute approximate surface area is 150 Å². The summed E-state index contributed by atoms with van der Waals surface area (Å²) >= 11 is 0. The van der Waals surface area contributed by atoms with Gasteiger partial charge in [-0.2, -0.15) is 0 Å². The third kappa shape index (κ3) is 6.29. The summed E-state index contributed by atoms with van der Waals surface area (Å²) in [7, 11) is 0. The van der Waals surface area contributed by atoms with Gasteiger partial charge in [0.25, 0.3) is 0 Å². The number of benzene rings is 2. The highest BCUT2D eigenvalue weighted by Crippen LogP contribution is 2.25. The lowest BCUT2D eigenvalue weighted by atomic mass is 10.1. The predicted octanol–water partition coefficient (Wildman–Crippen LogP) is 5.50. The summed E-state index contributed by atoms with van der Waals surface area (Å²) in [6.07, 6.45) is 0. The third-order valence-electron chi connectivity index (χ3n) is 3.16. The minimum absolute atomic E-state index is 0.215. The van der Waals surface area contributed by atoms with Gasteiger partial charge >= 0.3 is 0 Å². The molecule has 2 aromatic carbocycles. The van der Waals surface area contributed by atoms with Crippen molar-refractivity contribution in [3.63, 3.8) is 0 Å². The van der Waals surface area contributed by atoms with E-state index in [0.717, 1.165) is 17.1 Å². The summed E-state index contributed by atoms with van der Waals surface area (Å²) < 4.78 is 5.81. The van der Waals surface area contributed by atoms with Crippen molar-refractivity contribution < 1.29 is 9.57 Å². The highest BCUT2D eigenvalue weighted by Gasteiger charge is 2.14. The zero-order chi connectivity index (χ0) is 18.7. The molecule has 0 aliphatic carbocycles. The van der Waals surface area contributed by atoms with Crippen molar-refractivity contribution >= 4 is 11.4 Å². The Morgan fingerprint density at radius 3 is 1.60 bits per heavy atom. The monoisotopic (exact) mass is 343 g/mol. The molecule has 2 rings (SSSR count). The second-order valence-electron chi connectivity index (χ2n) is 7.91. The fraction of sp³-hybridized carbons (Fsp3) is 0.400. The molecule has 5 heteroatoms. The molecule has 0 spiro atoms. The minimum Gasteiger partial charge on any atom is -0.752 e. The Balaban J connectivity index is 1.97. The van der Waals surface area contributed by atoms with Crippen molar-refractivity contribution in [3.05, 3.63) is 53.7 Å². The van der Waals surface area contributed by atoms with Crippen molar-refractivity contribution in [3.8, 4) is 11.5 Å². The number of nitrogens with zero attached hydrogens (tertiary/aromatic N) is 1. The van der Waals surface area contributed by atoms with E-state index in [2.05, 4.69) is 5.32 Å². The molecule has 2 aromatic rings. The van der Waals surface area contributed by atoms with Gasteiger partial charge in [0.1, 0.15) is 17.1 Å². The smallest absolute Gasteiger partial charge is 0.146 e. The normalized spacial score (nSPS) is 12.2. The summed E-state index contributed by atoms with van der Waals surface area (Å²) in [5.74, 6) is 1.34. The Kier molecular flexibility index (Phi) is 5.60. The van der Waals surface area contributed by atoms with E-state index in [1.54, 1.807) is 32.9 Å². The van der Waals surface area contributed by atoms with Crippen LogP contribution in [0, 0.1) is 5.21 Å². The second kappa shape index (κ2) is 7.33. The van der Waals surface area contributed by atoms with Crippen molar-refractivity contribution in [2.24, 2.45) is 0 Å². The molecule has 0 unspecified atom stereocenters. The first-order valence-electron chi connectivity index (χ1n) is 8.34. The van der Waals surface area contributed by atoms with Gasteiger partial charge in [-0.25, -0.2) is 5.23 Å². The van der Waals surface area contributed by atoms with Gasteiger partial charge in [0.2, 0.25) is 0 Å². The van der Waals surface area contributed by atoms with Crippen LogP contribution in [0.25, 0.3) is 0 Å². The van der Waals surface area contributed by atoms with Crippen LogP contribution in [0.4, 0.5) is 11.4 Å². The standard InChI is InChI=1S/C20H27N2O3/c1-19(2,3)22(23)25-18-13-9-16(10-14-18)21-15-7-11-17(12-8-15)24-20(4,5)6/h7-14,21H,1-6H3/q-1. The van der Waals surface area contributed by atoms with Gasteiger partial charge < -0.3 is 20.1 Å². The van der Waals surface area contributed by atoms with Crippen LogP contribution in [0.15, 0.2) is 48.5 Å². The van der Waals surface area contributed by atoms with Crippen LogP contribution in [0.2, 0.25) is 0 Å². The maximum absolute atomic E-state index is 11.8. The van der Waals surface area contributed by atoms with E-state index in [1.165, 1.54) is 0 Å². The molecule has 5 nitrogen and oxygen atoms in total. The van der Waals surface area contributed by atoms with E-state index in [0.29, 0.717) is 11.0 Å². The van der Waals surface area contributed by atoms with Gasteiger partial charge in [0.15, 0.2) is 0 Å². The maximum Gasteiger partial charge on any atom is 0.146 e. The van der Waals surface area contributed by atoms with E-state index in [1.807, 2.05) is 57.2 Å². The Morgan fingerprint density at radius 1 is 0.760 bits per heavy atom. The van der Waals surface area contributed by atoms with E-state index in [9.17, 15) is 5.21 Å². The molecule has 1 N–H and O–H groups in total. The molecule has 0 atom stereocenters. The van der Waals surface area contributed by atoms with Crippen LogP contribution in [-0.2, 0) is 0 Å². The average Bonchev–Trinajstić information content (AvgIpc) is 2.49. The zero-order valence-corrected chi connectivity index (χ0v) is 15.8. The van der Waals surface area contributed by atoms with Crippen molar-refractivity contribution in [1.29, 1.82) is 0 Å². The Morgan fingerprint density at radius 2 is 1.20 bits per heavy atom. The molecule has 0 aliphatic heterocycles. The van der Waals surface area contributed by atoms with Crippen LogP contribution >= 0.6 is 0 Å². The lowest BCUT2D eigenvalue weighted by molar-refractivity contribution is -0.0791. The molecular weight excluding hydrogens is 316 g/mol. The number of hydrogen-bond acceptors (Lipinski definition) is 5. The summed E-state index contributed by atoms with van der Waals surface area (Å²) in [6, 6.07) is 15.0. The number of anilines is 2. The fourth-order valence-electron chi connectivity index (χ4n) is 1.96. The first-order chi connectivity index (χ1) is 11.5. The van der Waals surface area contributed by atoms with E-state index in [-0.39, 0.29) is 5.60 Å². The molecule has 0 aromatic heterocycles. The predicted molar refractivity (Wildman–Crippen MR) is 102 cm³/mol. The first kappa shape index (κ1) is 19.1. The minimum atomic E-state index is -0.603. The molecule has 0 radical (unpaired) electrons. The van der Waals surface area contributed by atoms with E-state index >= 15 is 0 Å². The molecule has 0 bridgehead atoms. The molecule has 136 valence electrons.